The first kappa shape index (κ1) is 23.9. The van der Waals surface area contributed by atoms with Crippen LogP contribution in [0.1, 0.15) is 52.0 Å². The van der Waals surface area contributed by atoms with Crippen LogP contribution in [0.4, 0.5) is 13.2 Å². The highest BCUT2D eigenvalue weighted by Gasteiger charge is 2.69. The van der Waals surface area contributed by atoms with Gasteiger partial charge in [0.15, 0.2) is 6.61 Å². The molecule has 1 fully saturated rings. The third-order valence-corrected chi connectivity index (χ3v) is 7.29. The highest BCUT2D eigenvalue weighted by molar-refractivity contribution is 6.31. The Morgan fingerprint density at radius 1 is 1.39 bits per heavy atom. The average molecular weight is 461 g/mol. The van der Waals surface area contributed by atoms with E-state index in [9.17, 15) is 23.1 Å². The average Bonchev–Trinajstić information content (AvgIpc) is 3.02. The van der Waals surface area contributed by atoms with Crippen molar-refractivity contribution in [2.45, 2.75) is 65.3 Å². The van der Waals surface area contributed by atoms with Gasteiger partial charge in [-0.3, -0.25) is 4.79 Å². The molecule has 5 nitrogen and oxygen atoms in total. The van der Waals surface area contributed by atoms with E-state index in [1.807, 2.05) is 20.8 Å². The first-order valence-electron chi connectivity index (χ1n) is 10.4. The van der Waals surface area contributed by atoms with Gasteiger partial charge in [-0.15, -0.1) is 0 Å². The minimum absolute atomic E-state index is 0.0151. The smallest absolute Gasteiger partial charge is 0.439 e. The van der Waals surface area contributed by atoms with Gasteiger partial charge in [0.2, 0.25) is 0 Å². The summed E-state index contributed by atoms with van der Waals surface area (Å²) in [6.45, 7) is 7.09. The number of hydrogen-bond donors (Lipinski definition) is 1. The summed E-state index contributed by atoms with van der Waals surface area (Å²) in [5, 5.41) is 15.5. The summed E-state index contributed by atoms with van der Waals surface area (Å²) in [4.78, 5) is 12.7. The zero-order valence-electron chi connectivity index (χ0n) is 18.1. The number of aryl methyl sites for hydroxylation is 1. The van der Waals surface area contributed by atoms with E-state index in [0.29, 0.717) is 29.2 Å². The first-order chi connectivity index (χ1) is 14.3. The molecule has 172 valence electrons. The van der Waals surface area contributed by atoms with Gasteiger partial charge < -0.3 is 9.84 Å². The third-order valence-electron chi connectivity index (χ3n) is 6.87. The molecule has 9 heteroatoms. The Morgan fingerprint density at radius 2 is 2.06 bits per heavy atom. The van der Waals surface area contributed by atoms with Crippen molar-refractivity contribution in [3.63, 3.8) is 0 Å². The van der Waals surface area contributed by atoms with Crippen LogP contribution < -0.4 is 4.74 Å². The van der Waals surface area contributed by atoms with Crippen LogP contribution in [0.25, 0.3) is 0 Å². The number of nitrogens with zero attached hydrogens (tertiary/aromatic N) is 2. The van der Waals surface area contributed by atoms with Crippen LogP contribution in [0.2, 0.25) is 5.02 Å². The number of carbonyl (C=O) groups is 1. The van der Waals surface area contributed by atoms with Crippen LogP contribution in [0.15, 0.2) is 23.3 Å². The molecule has 0 radical (unpaired) electrons. The van der Waals surface area contributed by atoms with Crippen molar-refractivity contribution in [2.75, 3.05) is 6.61 Å². The lowest BCUT2D eigenvalue weighted by Gasteiger charge is -2.43. The van der Waals surface area contributed by atoms with Gasteiger partial charge in [0.1, 0.15) is 5.75 Å². The van der Waals surface area contributed by atoms with E-state index >= 15 is 0 Å². The largest absolute Gasteiger partial charge is 0.484 e. The Bertz CT molecular complexity index is 887. The molecule has 1 heterocycles. The second kappa shape index (κ2) is 8.28. The molecule has 31 heavy (non-hydrogen) atoms. The molecule has 2 aliphatic rings. The van der Waals surface area contributed by atoms with Crippen molar-refractivity contribution in [1.82, 2.24) is 5.01 Å². The fourth-order valence-electron chi connectivity index (χ4n) is 4.38. The van der Waals surface area contributed by atoms with E-state index in [4.69, 9.17) is 16.3 Å². The van der Waals surface area contributed by atoms with E-state index in [1.54, 1.807) is 19.1 Å². The van der Waals surface area contributed by atoms with Crippen LogP contribution in [-0.4, -0.2) is 40.2 Å². The van der Waals surface area contributed by atoms with Crippen LogP contribution in [0, 0.1) is 24.2 Å². The molecule has 0 aromatic heterocycles. The molecule has 1 saturated carbocycles. The summed E-state index contributed by atoms with van der Waals surface area (Å²) in [6, 6.07) is 4.67. The van der Waals surface area contributed by atoms with Crippen molar-refractivity contribution in [3.05, 3.63) is 28.8 Å². The number of benzene rings is 1. The molecule has 0 spiro atoms. The SMILES string of the molecule is CCC(C)(C)[C@@H]1CCC2=NN(C(=O)COc3ccc(Cl)c(C)c3)[C@](O)(C(F)(F)F)[C@H]2C1. The maximum absolute atomic E-state index is 14.1. The molecule has 1 amide bonds. The number of ether oxygens (including phenoxy) is 1. The molecule has 0 unspecified atom stereocenters. The first-order valence-corrected chi connectivity index (χ1v) is 10.8. The maximum Gasteiger partial charge on any atom is 0.439 e. The van der Waals surface area contributed by atoms with E-state index < -0.39 is 30.3 Å². The summed E-state index contributed by atoms with van der Waals surface area (Å²) in [7, 11) is 0. The van der Waals surface area contributed by atoms with Crippen LogP contribution in [-0.2, 0) is 4.79 Å². The number of amides is 1. The van der Waals surface area contributed by atoms with Crippen molar-refractivity contribution < 1.29 is 27.8 Å². The minimum Gasteiger partial charge on any atom is -0.484 e. The lowest BCUT2D eigenvalue weighted by atomic mass is 9.64. The predicted molar refractivity (Wildman–Crippen MR) is 112 cm³/mol. The zero-order valence-corrected chi connectivity index (χ0v) is 18.8. The van der Waals surface area contributed by atoms with E-state index in [2.05, 4.69) is 5.10 Å². The maximum atomic E-state index is 14.1. The molecule has 3 rings (SSSR count). The minimum atomic E-state index is -5.06. The molecule has 1 aromatic carbocycles. The number of halogens is 4. The highest BCUT2D eigenvalue weighted by atomic mass is 35.5. The van der Waals surface area contributed by atoms with Crippen molar-refractivity contribution in [1.29, 1.82) is 0 Å². The Kier molecular flexibility index (Phi) is 6.37. The molecule has 1 aliphatic carbocycles. The monoisotopic (exact) mass is 460 g/mol. The predicted octanol–water partition coefficient (Wildman–Crippen LogP) is 5.33. The summed E-state index contributed by atoms with van der Waals surface area (Å²) in [5.41, 5.74) is -2.62. The summed E-state index contributed by atoms with van der Waals surface area (Å²) < 4.78 is 47.7. The van der Waals surface area contributed by atoms with Crippen LogP contribution in [0.5, 0.6) is 5.75 Å². The lowest BCUT2D eigenvalue weighted by Crippen LogP contribution is -2.62. The number of carbonyl (C=O) groups excluding carboxylic acids is 1. The van der Waals surface area contributed by atoms with Gasteiger partial charge in [-0.1, -0.05) is 38.8 Å². The van der Waals surface area contributed by atoms with E-state index in [1.165, 1.54) is 6.07 Å². The highest BCUT2D eigenvalue weighted by Crippen LogP contribution is 2.52. The summed E-state index contributed by atoms with van der Waals surface area (Å²) in [5.74, 6) is -2.06. The quantitative estimate of drug-likeness (QED) is 0.646. The van der Waals surface area contributed by atoms with E-state index in [0.717, 1.165) is 6.42 Å². The number of fused-ring (bicyclic) bond motifs is 1. The number of hydrazone groups is 1. The Balaban J connectivity index is 1.83. The van der Waals surface area contributed by atoms with Gasteiger partial charge in [-0.05, 0) is 61.3 Å². The van der Waals surface area contributed by atoms with Crippen molar-refractivity contribution in [3.8, 4) is 5.75 Å². The number of rotatable bonds is 5. The van der Waals surface area contributed by atoms with Gasteiger partial charge in [0.25, 0.3) is 11.6 Å². The topological polar surface area (TPSA) is 62.1 Å². The lowest BCUT2D eigenvalue weighted by molar-refractivity contribution is -0.318. The second-order valence-corrected chi connectivity index (χ2v) is 9.49. The van der Waals surface area contributed by atoms with Crippen LogP contribution in [0.3, 0.4) is 0 Å². The number of alkyl halides is 3. The van der Waals surface area contributed by atoms with Gasteiger partial charge >= 0.3 is 6.18 Å². The van der Waals surface area contributed by atoms with Gasteiger partial charge in [-0.2, -0.15) is 23.3 Å². The molecule has 1 aromatic rings. The third kappa shape index (κ3) is 4.29. The van der Waals surface area contributed by atoms with Gasteiger partial charge in [0, 0.05) is 10.7 Å². The Morgan fingerprint density at radius 3 is 2.65 bits per heavy atom. The van der Waals surface area contributed by atoms with Gasteiger partial charge in [-0.25, -0.2) is 0 Å². The fraction of sp³-hybridized carbons (Fsp3) is 0.636. The molecular weight excluding hydrogens is 433 g/mol. The van der Waals surface area contributed by atoms with Crippen LogP contribution >= 0.6 is 11.6 Å². The molecule has 0 saturated heterocycles. The Hall–Kier alpha value is -1.80. The van der Waals surface area contributed by atoms with E-state index in [-0.39, 0.29) is 28.5 Å². The second-order valence-electron chi connectivity index (χ2n) is 9.09. The molecule has 1 N–H and O–H groups in total. The standard InChI is InChI=1S/C22H28ClF3N2O3/c1-5-20(3,4)14-6-9-18-16(11-14)21(30,22(24,25)26)28(27-18)19(29)12-31-15-7-8-17(23)13(2)10-15/h7-8,10,14,16,30H,5-6,9,11-12H2,1-4H3/t14-,16+,21-/m1/s1. The Labute approximate surface area is 185 Å². The molecule has 0 bridgehead atoms. The van der Waals surface area contributed by atoms with Crippen molar-refractivity contribution >= 4 is 23.2 Å². The summed E-state index contributed by atoms with van der Waals surface area (Å²) >= 11 is 5.95. The molecule has 3 atom stereocenters. The van der Waals surface area contributed by atoms with Crippen molar-refractivity contribution in [2.24, 2.45) is 22.4 Å². The normalized spacial score (nSPS) is 26.5. The van der Waals surface area contributed by atoms with Gasteiger partial charge in [0.05, 0.1) is 5.92 Å². The number of hydrogen-bond acceptors (Lipinski definition) is 4. The number of aliphatic hydroxyl groups is 1. The summed E-state index contributed by atoms with van der Waals surface area (Å²) in [6.07, 6.45) is -3.15. The zero-order chi connectivity index (χ0) is 23.2. The molecular formula is C22H28ClF3N2O3. The fourth-order valence-corrected chi connectivity index (χ4v) is 4.50. The molecule has 1 aliphatic heterocycles.